The summed E-state index contributed by atoms with van der Waals surface area (Å²) >= 11 is 1.87. The van der Waals surface area contributed by atoms with Crippen molar-refractivity contribution >= 4 is 33.3 Å². The maximum absolute atomic E-state index is 2.24. The third-order valence-corrected chi connectivity index (χ3v) is 6.25. The van der Waals surface area contributed by atoms with E-state index in [9.17, 15) is 0 Å². The van der Waals surface area contributed by atoms with Crippen LogP contribution >= 0.6 is 33.3 Å². The van der Waals surface area contributed by atoms with E-state index in [2.05, 4.69) is 37.5 Å². The fraction of sp³-hybridized carbons (Fsp3) is 0.273. The summed E-state index contributed by atoms with van der Waals surface area (Å²) < 4.78 is 1.48. The van der Waals surface area contributed by atoms with Gasteiger partial charge >= 0.3 is 0 Å². The highest BCUT2D eigenvalue weighted by Gasteiger charge is 2.21. The normalized spacial score (nSPS) is 20.4. The van der Waals surface area contributed by atoms with Crippen LogP contribution in [0.1, 0.15) is 13.3 Å². The first-order valence-electron chi connectivity index (χ1n) is 4.58. The highest BCUT2D eigenvalue weighted by molar-refractivity contribution is 8.82. The van der Waals surface area contributed by atoms with E-state index in [1.54, 1.807) is 0 Å². The van der Waals surface area contributed by atoms with Gasteiger partial charge in [0.2, 0.25) is 0 Å². The van der Waals surface area contributed by atoms with Gasteiger partial charge in [-0.05, 0) is 34.6 Å². The molecule has 1 heterocycles. The highest BCUT2D eigenvalue weighted by atomic mass is 33.1. The van der Waals surface area contributed by atoms with Crippen LogP contribution in [0.25, 0.3) is 0 Å². The van der Waals surface area contributed by atoms with Gasteiger partial charge in [0.1, 0.15) is 0 Å². The molecule has 3 heteroatoms. The molecule has 0 radical (unpaired) electrons. The molecule has 0 fully saturated rings. The Morgan fingerprint density at radius 1 is 1.21 bits per heavy atom. The van der Waals surface area contributed by atoms with Crippen LogP contribution in [0.4, 0.5) is 0 Å². The minimum Gasteiger partial charge on any atom is -0.122 e. The number of rotatable bonds is 2. The van der Waals surface area contributed by atoms with Crippen LogP contribution in [-0.2, 0) is 0 Å². The zero-order chi connectivity index (χ0) is 9.97. The smallest absolute Gasteiger partial charge is 0.0555 e. The summed E-state index contributed by atoms with van der Waals surface area (Å²) in [5.74, 6) is 0. The minimum atomic E-state index is 1.14. The van der Waals surface area contributed by atoms with Gasteiger partial charge in [-0.1, -0.05) is 42.0 Å². The molecule has 0 aromatic rings. The number of allylic oxidation sites excluding steroid dienone is 6. The molecule has 0 aromatic carbocycles. The largest absolute Gasteiger partial charge is 0.122 e. The molecule has 0 atom stereocenters. The summed E-state index contributed by atoms with van der Waals surface area (Å²) in [5.41, 5.74) is 2.90. The lowest BCUT2D eigenvalue weighted by atomic mass is 10.1. The highest BCUT2D eigenvalue weighted by Crippen LogP contribution is 2.55. The van der Waals surface area contributed by atoms with Gasteiger partial charge in [0.15, 0.2) is 0 Å². The van der Waals surface area contributed by atoms with Crippen molar-refractivity contribution in [3.05, 3.63) is 44.6 Å². The first kappa shape index (κ1) is 10.5. The van der Waals surface area contributed by atoms with Crippen LogP contribution < -0.4 is 0 Å². The maximum Gasteiger partial charge on any atom is 0.0555 e. The predicted octanol–water partition coefficient (Wildman–Crippen LogP) is 4.75. The van der Waals surface area contributed by atoms with Gasteiger partial charge in [0, 0.05) is 4.91 Å². The fourth-order valence-electron chi connectivity index (χ4n) is 1.48. The number of hydrogen-bond acceptors (Lipinski definition) is 3. The van der Waals surface area contributed by atoms with Gasteiger partial charge in [-0.15, -0.1) is 11.8 Å². The van der Waals surface area contributed by atoms with E-state index in [4.69, 9.17) is 0 Å². The second-order valence-electron chi connectivity index (χ2n) is 2.99. The zero-order valence-corrected chi connectivity index (χ0v) is 10.7. The fourth-order valence-corrected chi connectivity index (χ4v) is 5.75. The van der Waals surface area contributed by atoms with Gasteiger partial charge in [0.05, 0.1) is 4.24 Å². The van der Waals surface area contributed by atoms with E-state index in [1.807, 2.05) is 33.3 Å². The first-order chi connectivity index (χ1) is 6.86. The first-order valence-corrected chi connectivity index (χ1v) is 7.95. The molecule has 1 aliphatic carbocycles. The number of thioether (sulfide) groups is 1. The van der Waals surface area contributed by atoms with Crippen molar-refractivity contribution in [3.8, 4) is 0 Å². The van der Waals surface area contributed by atoms with Crippen molar-refractivity contribution in [2.75, 3.05) is 6.26 Å². The molecule has 0 N–H and O–H groups in total. The Morgan fingerprint density at radius 3 is 2.50 bits per heavy atom. The van der Waals surface area contributed by atoms with E-state index in [0.717, 1.165) is 6.42 Å². The van der Waals surface area contributed by atoms with Crippen LogP contribution in [0.2, 0.25) is 0 Å². The second kappa shape index (κ2) is 4.69. The molecule has 2 aliphatic rings. The molecule has 0 spiro atoms. The van der Waals surface area contributed by atoms with E-state index in [1.165, 1.54) is 20.3 Å². The molecule has 0 unspecified atom stereocenters. The van der Waals surface area contributed by atoms with Crippen molar-refractivity contribution < 1.29 is 0 Å². The molecule has 0 nitrogen and oxygen atoms in total. The third-order valence-electron chi connectivity index (χ3n) is 2.18. The lowest BCUT2D eigenvalue weighted by Crippen LogP contribution is -1.84. The van der Waals surface area contributed by atoms with Crippen molar-refractivity contribution in [3.63, 3.8) is 0 Å². The molecular weight excluding hydrogens is 228 g/mol. The lowest BCUT2D eigenvalue weighted by Gasteiger charge is -2.03. The molecule has 0 bridgehead atoms. The number of hydrogen-bond donors (Lipinski definition) is 0. The summed E-state index contributed by atoms with van der Waals surface area (Å²) in [6.07, 6.45) is 11.9. The Hall–Kier alpha value is 0.01000. The molecule has 1 aliphatic heterocycles. The predicted molar refractivity (Wildman–Crippen MR) is 71.3 cm³/mol. The summed E-state index contributed by atoms with van der Waals surface area (Å²) in [5, 5.41) is 0. The monoisotopic (exact) mass is 240 g/mol. The van der Waals surface area contributed by atoms with Gasteiger partial charge in [-0.25, -0.2) is 0 Å². The van der Waals surface area contributed by atoms with Gasteiger partial charge in [-0.2, -0.15) is 0 Å². The molecule has 14 heavy (non-hydrogen) atoms. The van der Waals surface area contributed by atoms with E-state index < -0.39 is 0 Å². The van der Waals surface area contributed by atoms with Crippen LogP contribution in [0.3, 0.4) is 0 Å². The van der Waals surface area contributed by atoms with Crippen LogP contribution in [-0.4, -0.2) is 6.26 Å². The molecule has 74 valence electrons. The molecule has 0 saturated carbocycles. The average molecular weight is 240 g/mol. The zero-order valence-electron chi connectivity index (χ0n) is 8.24. The Labute approximate surface area is 97.4 Å². The molecular formula is C11H12S3. The Morgan fingerprint density at radius 2 is 1.93 bits per heavy atom. The van der Waals surface area contributed by atoms with Gasteiger partial charge in [0.25, 0.3) is 0 Å². The quantitative estimate of drug-likeness (QED) is 0.640. The molecule has 0 amide bonds. The summed E-state index contributed by atoms with van der Waals surface area (Å²) in [4.78, 5) is 1.46. The van der Waals surface area contributed by atoms with Crippen molar-refractivity contribution in [2.24, 2.45) is 0 Å². The van der Waals surface area contributed by atoms with Crippen molar-refractivity contribution in [1.82, 2.24) is 0 Å². The van der Waals surface area contributed by atoms with Crippen LogP contribution in [0, 0.1) is 0 Å². The molecule has 0 saturated heterocycles. The van der Waals surface area contributed by atoms with Crippen LogP contribution in [0.5, 0.6) is 0 Å². The van der Waals surface area contributed by atoms with E-state index >= 15 is 0 Å². The summed E-state index contributed by atoms with van der Waals surface area (Å²) in [6.45, 7) is 2.24. The minimum absolute atomic E-state index is 1.14. The van der Waals surface area contributed by atoms with Crippen molar-refractivity contribution in [2.45, 2.75) is 13.3 Å². The maximum atomic E-state index is 2.24. The standard InChI is InChI=1S/C11H12S3/c1-3-9-10(8-6-4-5-7-8)13-14-11(9)12-2/h4-7H,3H2,1-2H3. The summed E-state index contributed by atoms with van der Waals surface area (Å²) in [7, 11) is 3.81. The average Bonchev–Trinajstić information content (AvgIpc) is 2.85. The topological polar surface area (TPSA) is 0 Å². The van der Waals surface area contributed by atoms with Crippen LogP contribution in [0.15, 0.2) is 44.6 Å². The van der Waals surface area contributed by atoms with E-state index in [0.29, 0.717) is 0 Å². The van der Waals surface area contributed by atoms with Gasteiger partial charge < -0.3 is 0 Å². The lowest BCUT2D eigenvalue weighted by molar-refractivity contribution is 1.14. The second-order valence-corrected chi connectivity index (χ2v) is 6.22. The molecule has 2 rings (SSSR count). The Balaban J connectivity index is 2.40. The SMILES string of the molecule is CCC1=C(SC)SSC1=C1C=CC=C1. The molecule has 0 aromatic heterocycles. The third kappa shape index (κ3) is 1.86. The van der Waals surface area contributed by atoms with E-state index in [-0.39, 0.29) is 0 Å². The van der Waals surface area contributed by atoms with Crippen molar-refractivity contribution in [1.29, 1.82) is 0 Å². The Bertz CT molecular complexity index is 345. The van der Waals surface area contributed by atoms with Gasteiger partial charge in [-0.3, -0.25) is 0 Å². The Kier molecular flexibility index (Phi) is 3.52. The summed E-state index contributed by atoms with van der Waals surface area (Å²) in [6, 6.07) is 0.